The molecule has 0 fully saturated rings. The molecule has 39 heavy (non-hydrogen) atoms. The van der Waals surface area contributed by atoms with Crippen molar-refractivity contribution in [2.24, 2.45) is 0 Å². The minimum Gasteiger partial charge on any atom is -0.490 e. The fourth-order valence-corrected chi connectivity index (χ4v) is 4.72. The quantitative estimate of drug-likeness (QED) is 0.0830. The van der Waals surface area contributed by atoms with Gasteiger partial charge in [0.05, 0.1) is 30.6 Å². The van der Waals surface area contributed by atoms with E-state index >= 15 is 0 Å². The van der Waals surface area contributed by atoms with Gasteiger partial charge in [0.2, 0.25) is 0 Å². The molecule has 0 N–H and O–H groups in total. The number of hydrogen-bond donors (Lipinski definition) is 0. The first kappa shape index (κ1) is 32.5. The molecule has 0 radical (unpaired) electrons. The van der Waals surface area contributed by atoms with Crippen molar-refractivity contribution in [1.82, 2.24) is 0 Å². The van der Waals surface area contributed by atoms with Crippen LogP contribution in [-0.4, -0.2) is 53.2 Å². The molecule has 2 aromatic carbocycles. The zero-order valence-electron chi connectivity index (χ0n) is 22.9. The van der Waals surface area contributed by atoms with Crippen LogP contribution in [0.1, 0.15) is 57.6 Å². The molecule has 0 aliphatic rings. The molecule has 0 amide bonds. The molecular formula is C29H39ClO8S. The summed E-state index contributed by atoms with van der Waals surface area (Å²) < 4.78 is 51.5. The zero-order valence-corrected chi connectivity index (χ0v) is 24.5. The number of carbonyl (C=O) groups excluding carboxylic acids is 1. The minimum atomic E-state index is -3.68. The fourth-order valence-electron chi connectivity index (χ4n) is 3.29. The van der Waals surface area contributed by atoms with Gasteiger partial charge in [-0.25, -0.2) is 4.79 Å². The maximum absolute atomic E-state index is 12.1. The highest BCUT2D eigenvalue weighted by atomic mass is 35.5. The highest BCUT2D eigenvalue weighted by Gasteiger charge is 2.15. The maximum atomic E-state index is 12.1. The first-order chi connectivity index (χ1) is 18.8. The summed E-state index contributed by atoms with van der Waals surface area (Å²) in [6.07, 6.45) is 6.72. The third-order valence-corrected chi connectivity index (χ3v) is 6.94. The van der Waals surface area contributed by atoms with Crippen molar-refractivity contribution in [2.45, 2.75) is 52.9 Å². The number of unbranched alkanes of at least 4 members (excludes halogenated alkanes) is 2. The summed E-state index contributed by atoms with van der Waals surface area (Å²) in [4.78, 5) is 11.9. The van der Waals surface area contributed by atoms with Crippen LogP contribution in [0.3, 0.4) is 0 Å². The van der Waals surface area contributed by atoms with Gasteiger partial charge in [-0.1, -0.05) is 50.4 Å². The van der Waals surface area contributed by atoms with Gasteiger partial charge in [-0.3, -0.25) is 0 Å². The second-order valence-electron chi connectivity index (χ2n) is 8.67. The monoisotopic (exact) mass is 582 g/mol. The van der Waals surface area contributed by atoms with E-state index in [0.29, 0.717) is 50.8 Å². The van der Waals surface area contributed by atoms with E-state index in [1.54, 1.807) is 30.3 Å². The summed E-state index contributed by atoms with van der Waals surface area (Å²) in [5.41, 5.74) is 1.64. The molecule has 0 unspecified atom stereocenters. The van der Waals surface area contributed by atoms with E-state index in [2.05, 4.69) is 6.92 Å². The topological polar surface area (TPSA) is 97.4 Å². The Morgan fingerprint density at radius 1 is 0.872 bits per heavy atom. The van der Waals surface area contributed by atoms with Gasteiger partial charge in [-0.05, 0) is 61.2 Å². The first-order valence-electron chi connectivity index (χ1n) is 13.3. The van der Waals surface area contributed by atoms with E-state index in [4.69, 9.17) is 34.7 Å². The van der Waals surface area contributed by atoms with E-state index in [1.807, 2.05) is 26.0 Å². The normalized spacial score (nSPS) is 11.5. The summed E-state index contributed by atoms with van der Waals surface area (Å²) in [5.74, 6) is 0.776. The molecule has 0 spiro atoms. The number of carbonyl (C=O) groups is 1. The molecule has 10 heteroatoms. The van der Waals surface area contributed by atoms with Crippen molar-refractivity contribution in [3.8, 4) is 17.2 Å². The molecule has 0 heterocycles. The van der Waals surface area contributed by atoms with E-state index in [1.165, 1.54) is 6.08 Å². The zero-order chi connectivity index (χ0) is 28.5. The van der Waals surface area contributed by atoms with Gasteiger partial charge in [0.1, 0.15) is 6.61 Å². The Bertz CT molecular complexity index is 1160. The SMILES string of the molecule is CCCCOc1cc(C=CC(=O)OCCOCC)ccc1OCCc1ccc(OS(=O)(=O)CCCC)c(Cl)c1. The van der Waals surface area contributed by atoms with Crippen LogP contribution in [0.4, 0.5) is 0 Å². The van der Waals surface area contributed by atoms with E-state index in [0.717, 1.165) is 30.4 Å². The standard InChI is InChI=1S/C29H39ClO8S/c1-4-7-16-35-28-22-23(11-14-29(31)37-19-18-34-6-3)10-13-27(28)36-17-15-24-9-12-26(25(30)21-24)38-39(32,33)20-8-5-2/h9-14,21-22H,4-8,15-20H2,1-3H3. The van der Waals surface area contributed by atoms with Crippen LogP contribution < -0.4 is 13.7 Å². The van der Waals surface area contributed by atoms with Crippen molar-refractivity contribution in [3.63, 3.8) is 0 Å². The van der Waals surface area contributed by atoms with Crippen LogP contribution in [0.2, 0.25) is 5.02 Å². The van der Waals surface area contributed by atoms with Gasteiger partial charge >= 0.3 is 16.1 Å². The van der Waals surface area contributed by atoms with Crippen molar-refractivity contribution in [2.75, 3.05) is 38.8 Å². The Balaban J connectivity index is 2.00. The Morgan fingerprint density at radius 2 is 1.62 bits per heavy atom. The second-order valence-corrected chi connectivity index (χ2v) is 10.8. The molecule has 0 aliphatic carbocycles. The molecule has 8 nitrogen and oxygen atoms in total. The van der Waals surface area contributed by atoms with E-state index in [-0.39, 0.29) is 23.1 Å². The number of benzene rings is 2. The van der Waals surface area contributed by atoms with Crippen LogP contribution in [0, 0.1) is 0 Å². The first-order valence-corrected chi connectivity index (χ1v) is 15.3. The maximum Gasteiger partial charge on any atom is 0.330 e. The van der Waals surface area contributed by atoms with Crippen LogP contribution in [0.5, 0.6) is 17.2 Å². The van der Waals surface area contributed by atoms with Gasteiger partial charge in [-0.2, -0.15) is 8.42 Å². The number of rotatable bonds is 19. The summed E-state index contributed by atoms with van der Waals surface area (Å²) in [7, 11) is -3.68. The Morgan fingerprint density at radius 3 is 2.33 bits per heavy atom. The average Bonchev–Trinajstić information content (AvgIpc) is 2.91. The van der Waals surface area contributed by atoms with Gasteiger partial charge in [-0.15, -0.1) is 0 Å². The minimum absolute atomic E-state index is 0.0504. The van der Waals surface area contributed by atoms with Crippen LogP contribution in [-0.2, 0) is 30.8 Å². The summed E-state index contributed by atoms with van der Waals surface area (Å²) in [6, 6.07) is 10.4. The average molecular weight is 583 g/mol. The lowest BCUT2D eigenvalue weighted by Crippen LogP contribution is -2.14. The van der Waals surface area contributed by atoms with Crippen molar-refractivity contribution in [3.05, 3.63) is 58.6 Å². The lowest BCUT2D eigenvalue weighted by Gasteiger charge is -2.14. The van der Waals surface area contributed by atoms with E-state index in [9.17, 15) is 13.2 Å². The van der Waals surface area contributed by atoms with E-state index < -0.39 is 16.1 Å². The summed E-state index contributed by atoms with van der Waals surface area (Å²) in [6.45, 7) is 7.90. The van der Waals surface area contributed by atoms with Gasteiger partial charge in [0.15, 0.2) is 17.2 Å². The lowest BCUT2D eigenvalue weighted by atomic mass is 10.1. The number of esters is 1. The summed E-state index contributed by atoms with van der Waals surface area (Å²) in [5, 5.41) is 0.226. The Labute approximate surface area is 237 Å². The number of hydrogen-bond acceptors (Lipinski definition) is 8. The predicted molar refractivity (Wildman–Crippen MR) is 153 cm³/mol. The molecular weight excluding hydrogens is 544 g/mol. The molecule has 0 aromatic heterocycles. The molecule has 0 aliphatic heterocycles. The van der Waals surface area contributed by atoms with Crippen LogP contribution in [0.25, 0.3) is 6.08 Å². The third kappa shape index (κ3) is 12.8. The number of halogens is 1. The van der Waals surface area contributed by atoms with Crippen molar-refractivity contribution >= 4 is 33.8 Å². The van der Waals surface area contributed by atoms with Crippen LogP contribution in [0.15, 0.2) is 42.5 Å². The molecule has 0 atom stereocenters. The molecule has 216 valence electrons. The largest absolute Gasteiger partial charge is 0.490 e. The Kier molecular flexibility index (Phi) is 14.8. The fraction of sp³-hybridized carbons (Fsp3) is 0.483. The van der Waals surface area contributed by atoms with Crippen molar-refractivity contribution in [1.29, 1.82) is 0 Å². The third-order valence-electron chi connectivity index (χ3n) is 5.42. The second kappa shape index (κ2) is 17.8. The lowest BCUT2D eigenvalue weighted by molar-refractivity contribution is -0.139. The predicted octanol–water partition coefficient (Wildman–Crippen LogP) is 6.24. The van der Waals surface area contributed by atoms with Crippen LogP contribution >= 0.6 is 11.6 Å². The highest BCUT2D eigenvalue weighted by Crippen LogP contribution is 2.30. The number of ether oxygens (including phenoxy) is 4. The summed E-state index contributed by atoms with van der Waals surface area (Å²) >= 11 is 6.28. The van der Waals surface area contributed by atoms with Gasteiger partial charge < -0.3 is 23.1 Å². The smallest absolute Gasteiger partial charge is 0.330 e. The van der Waals surface area contributed by atoms with Crippen molar-refractivity contribution < 1.29 is 36.3 Å². The molecule has 2 rings (SSSR count). The molecule has 0 saturated heterocycles. The highest BCUT2D eigenvalue weighted by molar-refractivity contribution is 7.87. The molecule has 0 bridgehead atoms. The van der Waals surface area contributed by atoms with Gasteiger partial charge in [0, 0.05) is 19.1 Å². The van der Waals surface area contributed by atoms with Gasteiger partial charge in [0.25, 0.3) is 0 Å². The Hall–Kier alpha value is -2.75. The molecule has 0 saturated carbocycles. The molecule has 2 aromatic rings.